The SMILES string of the molecule is COc1cc(/C=C/C(=O)Nc2ncn(Cc3ccc(Br)cc3)n2)ccc1OCC(N)=O. The van der Waals surface area contributed by atoms with Gasteiger partial charge < -0.3 is 15.2 Å². The molecule has 3 rings (SSSR count). The van der Waals surface area contributed by atoms with Crippen LogP contribution in [0, 0.1) is 0 Å². The van der Waals surface area contributed by atoms with Gasteiger partial charge in [-0.15, -0.1) is 5.10 Å². The summed E-state index contributed by atoms with van der Waals surface area (Å²) in [6.45, 7) is 0.283. The molecule has 0 spiro atoms. The number of ether oxygens (including phenoxy) is 2. The first-order valence-corrected chi connectivity index (χ1v) is 9.94. The minimum Gasteiger partial charge on any atom is -0.493 e. The number of hydrogen-bond acceptors (Lipinski definition) is 6. The molecule has 3 aromatic rings. The Hall–Kier alpha value is -3.66. The van der Waals surface area contributed by atoms with E-state index in [1.807, 2.05) is 24.3 Å². The van der Waals surface area contributed by atoms with Gasteiger partial charge in [-0.3, -0.25) is 14.9 Å². The molecular weight excluding hydrogens is 466 g/mol. The standard InChI is InChI=1S/C21H20BrN5O4/c1-30-18-10-14(4-8-17(18)31-12-19(23)28)5-9-20(29)25-21-24-13-27(26-21)11-15-2-6-16(22)7-3-15/h2-10,13H,11-12H2,1H3,(H2,23,28)(H,25,26,29)/b9-5+. The Morgan fingerprint density at radius 2 is 1.97 bits per heavy atom. The minimum absolute atomic E-state index is 0.208. The molecule has 3 N–H and O–H groups in total. The first-order chi connectivity index (χ1) is 14.9. The predicted octanol–water partition coefficient (Wildman–Crippen LogP) is 2.61. The Morgan fingerprint density at radius 1 is 1.19 bits per heavy atom. The van der Waals surface area contributed by atoms with Gasteiger partial charge in [0.1, 0.15) is 6.33 Å². The number of carbonyl (C=O) groups excluding carboxylic acids is 2. The van der Waals surface area contributed by atoms with Crippen molar-refractivity contribution in [3.63, 3.8) is 0 Å². The third-order valence-electron chi connectivity index (χ3n) is 4.01. The molecule has 0 radical (unpaired) electrons. The second-order valence-electron chi connectivity index (χ2n) is 6.38. The maximum Gasteiger partial charge on any atom is 0.255 e. The second kappa shape index (κ2) is 10.4. The number of aromatic nitrogens is 3. The van der Waals surface area contributed by atoms with Crippen LogP contribution < -0.4 is 20.5 Å². The minimum atomic E-state index is -0.587. The van der Waals surface area contributed by atoms with Crippen LogP contribution in [0.3, 0.4) is 0 Å². The lowest BCUT2D eigenvalue weighted by Gasteiger charge is -2.09. The highest BCUT2D eigenvalue weighted by Crippen LogP contribution is 2.28. The van der Waals surface area contributed by atoms with Crippen LogP contribution in [0.5, 0.6) is 11.5 Å². The molecule has 1 aromatic heterocycles. The lowest BCUT2D eigenvalue weighted by molar-refractivity contribution is -0.120. The average molecular weight is 486 g/mol. The van der Waals surface area contributed by atoms with Crippen LogP contribution in [0.25, 0.3) is 6.08 Å². The van der Waals surface area contributed by atoms with Crippen molar-refractivity contribution in [1.29, 1.82) is 0 Å². The van der Waals surface area contributed by atoms with E-state index < -0.39 is 5.91 Å². The molecule has 0 aliphatic carbocycles. The first kappa shape index (κ1) is 22.0. The van der Waals surface area contributed by atoms with Gasteiger partial charge in [0.25, 0.3) is 11.8 Å². The van der Waals surface area contributed by atoms with Gasteiger partial charge in [-0.05, 0) is 41.5 Å². The molecule has 0 saturated heterocycles. The summed E-state index contributed by atoms with van der Waals surface area (Å²) in [5, 5.41) is 6.87. The quantitative estimate of drug-likeness (QED) is 0.449. The van der Waals surface area contributed by atoms with Gasteiger partial charge in [0.15, 0.2) is 18.1 Å². The fourth-order valence-electron chi connectivity index (χ4n) is 2.58. The smallest absolute Gasteiger partial charge is 0.255 e. The van der Waals surface area contributed by atoms with E-state index in [1.54, 1.807) is 35.3 Å². The van der Waals surface area contributed by atoms with Crippen LogP contribution in [-0.2, 0) is 16.1 Å². The third kappa shape index (κ3) is 6.68. The average Bonchev–Trinajstić information content (AvgIpc) is 3.19. The Kier molecular flexibility index (Phi) is 7.39. The molecule has 0 bridgehead atoms. The number of hydrogen-bond donors (Lipinski definition) is 2. The molecule has 31 heavy (non-hydrogen) atoms. The number of rotatable bonds is 9. The molecule has 160 valence electrons. The van der Waals surface area contributed by atoms with Crippen LogP contribution in [0.1, 0.15) is 11.1 Å². The zero-order valence-electron chi connectivity index (χ0n) is 16.6. The zero-order valence-corrected chi connectivity index (χ0v) is 18.2. The molecule has 0 saturated carbocycles. The van der Waals surface area contributed by atoms with E-state index in [4.69, 9.17) is 15.2 Å². The lowest BCUT2D eigenvalue weighted by atomic mass is 10.2. The van der Waals surface area contributed by atoms with Crippen LogP contribution in [0.4, 0.5) is 5.95 Å². The van der Waals surface area contributed by atoms with Gasteiger partial charge in [0, 0.05) is 10.5 Å². The van der Waals surface area contributed by atoms with Crippen molar-refractivity contribution < 1.29 is 19.1 Å². The number of amides is 2. The van der Waals surface area contributed by atoms with Gasteiger partial charge in [0.05, 0.1) is 13.7 Å². The number of halogens is 1. The summed E-state index contributed by atoms with van der Waals surface area (Å²) in [5.41, 5.74) is 6.84. The Morgan fingerprint density at radius 3 is 2.68 bits per heavy atom. The van der Waals surface area contributed by atoms with Gasteiger partial charge in [0.2, 0.25) is 5.95 Å². The van der Waals surface area contributed by atoms with Gasteiger partial charge in [-0.1, -0.05) is 34.1 Å². The third-order valence-corrected chi connectivity index (χ3v) is 4.54. The number of nitrogens with zero attached hydrogens (tertiary/aromatic N) is 3. The van der Waals surface area contributed by atoms with Gasteiger partial charge in [-0.2, -0.15) is 0 Å². The second-order valence-corrected chi connectivity index (χ2v) is 7.30. The number of anilines is 1. The topological polar surface area (TPSA) is 121 Å². The van der Waals surface area contributed by atoms with Crippen LogP contribution in [0.15, 0.2) is 59.3 Å². The zero-order chi connectivity index (χ0) is 22.2. The molecule has 0 fully saturated rings. The summed E-state index contributed by atoms with van der Waals surface area (Å²) in [4.78, 5) is 27.2. The molecule has 10 heteroatoms. The number of benzene rings is 2. The molecule has 0 atom stereocenters. The van der Waals surface area contributed by atoms with Crippen molar-refractivity contribution in [2.75, 3.05) is 19.0 Å². The highest BCUT2D eigenvalue weighted by Gasteiger charge is 2.08. The van der Waals surface area contributed by atoms with Crippen molar-refractivity contribution in [3.8, 4) is 11.5 Å². The molecule has 0 aliphatic heterocycles. The molecule has 2 amide bonds. The summed E-state index contributed by atoms with van der Waals surface area (Å²) in [6.07, 6.45) is 4.51. The van der Waals surface area contributed by atoms with Crippen molar-refractivity contribution >= 4 is 39.8 Å². The Labute approximate surface area is 187 Å². The maximum atomic E-state index is 12.2. The molecule has 1 heterocycles. The van der Waals surface area contributed by atoms with Crippen LogP contribution in [0.2, 0.25) is 0 Å². The van der Waals surface area contributed by atoms with Crippen molar-refractivity contribution in [2.45, 2.75) is 6.54 Å². The van der Waals surface area contributed by atoms with Crippen LogP contribution >= 0.6 is 15.9 Å². The number of nitrogens with two attached hydrogens (primary N) is 1. The van der Waals surface area contributed by atoms with E-state index in [9.17, 15) is 9.59 Å². The summed E-state index contributed by atoms with van der Waals surface area (Å²) in [6, 6.07) is 12.9. The molecule has 0 unspecified atom stereocenters. The number of carbonyl (C=O) groups is 2. The number of methoxy groups -OCH3 is 1. The summed E-state index contributed by atoms with van der Waals surface area (Å²) in [7, 11) is 1.48. The van der Waals surface area contributed by atoms with Crippen molar-refractivity contribution in [2.24, 2.45) is 5.73 Å². The molecule has 2 aromatic carbocycles. The van der Waals surface area contributed by atoms with Gasteiger partial charge in [-0.25, -0.2) is 9.67 Å². The number of primary amides is 1. The molecule has 0 aliphatic rings. The highest BCUT2D eigenvalue weighted by atomic mass is 79.9. The molecule has 9 nitrogen and oxygen atoms in total. The fraction of sp³-hybridized carbons (Fsp3) is 0.143. The largest absolute Gasteiger partial charge is 0.493 e. The predicted molar refractivity (Wildman–Crippen MR) is 119 cm³/mol. The fourth-order valence-corrected chi connectivity index (χ4v) is 2.85. The van der Waals surface area contributed by atoms with Crippen molar-refractivity contribution in [1.82, 2.24) is 14.8 Å². The van der Waals surface area contributed by atoms with E-state index in [0.29, 0.717) is 23.6 Å². The maximum absolute atomic E-state index is 12.2. The molecular formula is C21H20BrN5O4. The highest BCUT2D eigenvalue weighted by molar-refractivity contribution is 9.10. The van der Waals surface area contributed by atoms with Gasteiger partial charge >= 0.3 is 0 Å². The van der Waals surface area contributed by atoms with E-state index in [0.717, 1.165) is 10.0 Å². The summed E-state index contributed by atoms with van der Waals surface area (Å²) in [5.74, 6) is 0.0325. The Balaban J connectivity index is 1.58. The Bertz CT molecular complexity index is 1100. The summed E-state index contributed by atoms with van der Waals surface area (Å²) >= 11 is 3.40. The lowest BCUT2D eigenvalue weighted by Crippen LogP contribution is -2.20. The first-order valence-electron chi connectivity index (χ1n) is 9.15. The van der Waals surface area contributed by atoms with E-state index in [-0.39, 0.29) is 18.5 Å². The van der Waals surface area contributed by atoms with E-state index >= 15 is 0 Å². The normalized spacial score (nSPS) is 10.8. The van der Waals surface area contributed by atoms with Crippen LogP contribution in [-0.4, -0.2) is 40.3 Å². The summed E-state index contributed by atoms with van der Waals surface area (Å²) < 4.78 is 13.2. The van der Waals surface area contributed by atoms with Crippen molar-refractivity contribution in [3.05, 3.63) is 70.5 Å². The monoisotopic (exact) mass is 485 g/mol. The van der Waals surface area contributed by atoms with E-state index in [1.165, 1.54) is 13.2 Å². The number of nitrogens with one attached hydrogen (secondary N) is 1. The van der Waals surface area contributed by atoms with E-state index in [2.05, 4.69) is 31.3 Å².